The van der Waals surface area contributed by atoms with Gasteiger partial charge >= 0.3 is 0 Å². The third-order valence-electron chi connectivity index (χ3n) is 2.70. The Hall–Kier alpha value is -0.130. The van der Waals surface area contributed by atoms with Crippen molar-refractivity contribution in [3.8, 4) is 0 Å². The van der Waals surface area contributed by atoms with Gasteiger partial charge in [-0.2, -0.15) is 0 Å². The van der Waals surface area contributed by atoms with Gasteiger partial charge in [-0.3, -0.25) is 0 Å². The average Bonchev–Trinajstić information content (AvgIpc) is 2.11. The van der Waals surface area contributed by atoms with E-state index in [0.717, 1.165) is 37.9 Å². The molecular weight excluding hydrogens is 188 g/mol. The molecule has 13 heavy (non-hydrogen) atoms. The van der Waals surface area contributed by atoms with Crippen LogP contribution in [-0.2, 0) is 0 Å². The van der Waals surface area contributed by atoms with E-state index >= 15 is 0 Å². The zero-order chi connectivity index (χ0) is 9.73. The largest absolute Gasteiger partial charge is 0.396 e. The highest BCUT2D eigenvalue weighted by Gasteiger charge is 2.34. The molecule has 4 nitrogen and oxygen atoms in total. The number of nitrogens with zero attached hydrogens (tertiary/aromatic N) is 2. The zero-order valence-corrected chi connectivity index (χ0v) is 8.72. The van der Waals surface area contributed by atoms with Crippen molar-refractivity contribution in [2.24, 2.45) is 4.58 Å². The van der Waals surface area contributed by atoms with Crippen molar-refractivity contribution in [1.29, 1.82) is 0 Å². The molecular formula is C8H16N2O2S. The van der Waals surface area contributed by atoms with Gasteiger partial charge in [0.1, 0.15) is 0 Å². The standard InChI is InChI=1S/C8H16N2O2S/c1-10-5-2-8(3-6-10,4-7-11)13-9-12/h11H,2-7H2,1H3. The van der Waals surface area contributed by atoms with Gasteiger partial charge in [0.2, 0.25) is 0 Å². The normalized spacial score (nSPS) is 22.9. The van der Waals surface area contributed by atoms with Crippen LogP contribution in [0.2, 0.25) is 0 Å². The fourth-order valence-electron chi connectivity index (χ4n) is 1.70. The van der Waals surface area contributed by atoms with E-state index in [-0.39, 0.29) is 11.4 Å². The second kappa shape index (κ2) is 4.93. The predicted octanol–water partition coefficient (Wildman–Crippen LogP) is 1.25. The van der Waals surface area contributed by atoms with Crippen molar-refractivity contribution in [3.63, 3.8) is 0 Å². The van der Waals surface area contributed by atoms with Crippen LogP contribution in [-0.4, -0.2) is 41.5 Å². The fraction of sp³-hybridized carbons (Fsp3) is 1.00. The molecule has 0 aromatic rings. The minimum Gasteiger partial charge on any atom is -0.396 e. The lowest BCUT2D eigenvalue weighted by Gasteiger charge is -2.37. The first kappa shape index (κ1) is 10.9. The van der Waals surface area contributed by atoms with E-state index in [1.54, 1.807) is 0 Å². The van der Waals surface area contributed by atoms with Crippen molar-refractivity contribution in [1.82, 2.24) is 4.90 Å². The first-order valence-electron chi connectivity index (χ1n) is 4.53. The lowest BCUT2D eigenvalue weighted by Crippen LogP contribution is -2.40. The summed E-state index contributed by atoms with van der Waals surface area (Å²) >= 11 is 1.11. The van der Waals surface area contributed by atoms with Crippen LogP contribution in [0.3, 0.4) is 0 Å². The molecule has 0 aromatic heterocycles. The summed E-state index contributed by atoms with van der Waals surface area (Å²) in [4.78, 5) is 12.5. The number of hydrogen-bond acceptors (Lipinski definition) is 5. The van der Waals surface area contributed by atoms with E-state index in [4.69, 9.17) is 5.11 Å². The van der Waals surface area contributed by atoms with Crippen LogP contribution in [0.15, 0.2) is 4.58 Å². The molecule has 0 spiro atoms. The van der Waals surface area contributed by atoms with Crippen molar-refractivity contribution in [3.05, 3.63) is 4.91 Å². The molecule has 0 amide bonds. The van der Waals surface area contributed by atoms with Crippen molar-refractivity contribution >= 4 is 11.9 Å². The molecule has 0 saturated carbocycles. The topological polar surface area (TPSA) is 52.9 Å². The van der Waals surface area contributed by atoms with E-state index < -0.39 is 0 Å². The van der Waals surface area contributed by atoms with E-state index in [0.29, 0.717) is 6.42 Å². The molecule has 1 heterocycles. The Balaban J connectivity index is 2.51. The highest BCUT2D eigenvalue weighted by atomic mass is 32.2. The lowest BCUT2D eigenvalue weighted by molar-refractivity contribution is 0.200. The number of nitroso groups, excluding NO2 is 1. The maximum atomic E-state index is 10.3. The molecule has 0 aliphatic carbocycles. The summed E-state index contributed by atoms with van der Waals surface area (Å²) in [5.41, 5.74) is 0. The molecule has 1 aliphatic rings. The second-order valence-electron chi connectivity index (χ2n) is 3.63. The summed E-state index contributed by atoms with van der Waals surface area (Å²) in [6, 6.07) is 0. The third kappa shape index (κ3) is 2.93. The van der Waals surface area contributed by atoms with Crippen molar-refractivity contribution in [2.75, 3.05) is 26.7 Å². The van der Waals surface area contributed by atoms with Crippen molar-refractivity contribution < 1.29 is 5.11 Å². The van der Waals surface area contributed by atoms with Gasteiger partial charge in [-0.1, -0.05) is 0 Å². The van der Waals surface area contributed by atoms with Gasteiger partial charge in [-0.05, 0) is 39.4 Å². The Morgan fingerprint density at radius 1 is 1.54 bits per heavy atom. The first-order chi connectivity index (χ1) is 6.22. The minimum absolute atomic E-state index is 0.0942. The maximum absolute atomic E-state index is 10.3. The lowest BCUT2D eigenvalue weighted by atomic mass is 9.93. The number of aliphatic hydroxyl groups excluding tert-OH is 1. The molecule has 1 saturated heterocycles. The van der Waals surface area contributed by atoms with Gasteiger partial charge in [-0.15, -0.1) is 4.91 Å². The van der Waals surface area contributed by atoms with Crippen LogP contribution >= 0.6 is 11.9 Å². The van der Waals surface area contributed by atoms with Crippen LogP contribution in [0.4, 0.5) is 0 Å². The van der Waals surface area contributed by atoms with Gasteiger partial charge in [0.15, 0.2) is 0 Å². The van der Waals surface area contributed by atoms with Gasteiger partial charge in [0, 0.05) is 27.9 Å². The zero-order valence-electron chi connectivity index (χ0n) is 7.90. The van der Waals surface area contributed by atoms with Crippen LogP contribution in [0.1, 0.15) is 19.3 Å². The second-order valence-corrected chi connectivity index (χ2v) is 4.82. The maximum Gasteiger partial charge on any atom is 0.0458 e. The Kier molecular flexibility index (Phi) is 4.15. The first-order valence-corrected chi connectivity index (χ1v) is 5.30. The molecule has 0 atom stereocenters. The van der Waals surface area contributed by atoms with Crippen LogP contribution in [0.5, 0.6) is 0 Å². The predicted molar refractivity (Wildman–Crippen MR) is 54.6 cm³/mol. The molecule has 1 aliphatic heterocycles. The van der Waals surface area contributed by atoms with E-state index in [2.05, 4.69) is 16.5 Å². The van der Waals surface area contributed by atoms with E-state index in [9.17, 15) is 4.91 Å². The number of hydrogen-bond donors (Lipinski definition) is 1. The Bertz CT molecular complexity index is 170. The minimum atomic E-state index is -0.0942. The molecule has 0 radical (unpaired) electrons. The summed E-state index contributed by atoms with van der Waals surface area (Å²) in [6.07, 6.45) is 2.57. The molecule has 1 N–H and O–H groups in total. The van der Waals surface area contributed by atoms with E-state index in [1.807, 2.05) is 0 Å². The summed E-state index contributed by atoms with van der Waals surface area (Å²) < 4.78 is 2.82. The Morgan fingerprint density at radius 3 is 2.62 bits per heavy atom. The van der Waals surface area contributed by atoms with Crippen molar-refractivity contribution in [2.45, 2.75) is 24.0 Å². The highest BCUT2D eigenvalue weighted by Crippen LogP contribution is 2.39. The average molecular weight is 204 g/mol. The van der Waals surface area contributed by atoms with Crippen LogP contribution < -0.4 is 0 Å². The Morgan fingerprint density at radius 2 is 2.15 bits per heavy atom. The summed E-state index contributed by atoms with van der Waals surface area (Å²) in [7, 11) is 2.07. The SMILES string of the molecule is CN1CCC(CCO)(SN=O)CC1. The molecule has 0 unspecified atom stereocenters. The van der Waals surface area contributed by atoms with Gasteiger partial charge < -0.3 is 10.0 Å². The molecule has 0 bridgehead atoms. The Labute approximate surface area is 82.8 Å². The summed E-state index contributed by atoms with van der Waals surface area (Å²) in [5.74, 6) is 0. The third-order valence-corrected chi connectivity index (χ3v) is 3.77. The van der Waals surface area contributed by atoms with Crippen LogP contribution in [0.25, 0.3) is 0 Å². The quantitative estimate of drug-likeness (QED) is 0.553. The summed E-state index contributed by atoms with van der Waals surface area (Å²) in [6.45, 7) is 2.12. The number of rotatable bonds is 4. The number of piperidine rings is 1. The van der Waals surface area contributed by atoms with Gasteiger partial charge in [0.25, 0.3) is 0 Å². The number of aliphatic hydroxyl groups is 1. The van der Waals surface area contributed by atoms with E-state index in [1.165, 1.54) is 0 Å². The molecule has 5 heteroatoms. The summed E-state index contributed by atoms with van der Waals surface area (Å²) in [5, 5.41) is 8.91. The molecule has 1 fully saturated rings. The monoisotopic (exact) mass is 204 g/mol. The van der Waals surface area contributed by atoms with Gasteiger partial charge in [-0.25, -0.2) is 0 Å². The number of likely N-dealkylation sites (tertiary alicyclic amines) is 1. The van der Waals surface area contributed by atoms with Gasteiger partial charge in [0.05, 0.1) is 0 Å². The molecule has 76 valence electrons. The smallest absolute Gasteiger partial charge is 0.0458 e. The van der Waals surface area contributed by atoms with Crippen LogP contribution in [0, 0.1) is 4.91 Å². The fourth-order valence-corrected chi connectivity index (χ4v) is 2.40. The molecule has 0 aromatic carbocycles. The molecule has 1 rings (SSSR count). The highest BCUT2D eigenvalue weighted by molar-refractivity contribution is 7.99.